The van der Waals surface area contributed by atoms with Crippen LogP contribution in [0.15, 0.2) is 12.4 Å². The van der Waals surface area contributed by atoms with E-state index in [0.29, 0.717) is 5.69 Å². The second kappa shape index (κ2) is 3.29. The van der Waals surface area contributed by atoms with Crippen LogP contribution >= 0.6 is 0 Å². The fraction of sp³-hybridized carbons (Fsp3) is 0.429. The maximum Gasteiger partial charge on any atom is 0.409 e. The molecule has 1 unspecified atom stereocenters. The van der Waals surface area contributed by atoms with Crippen molar-refractivity contribution in [3.63, 3.8) is 0 Å². The van der Waals surface area contributed by atoms with Gasteiger partial charge in [-0.05, 0) is 6.92 Å². The van der Waals surface area contributed by atoms with Crippen molar-refractivity contribution in [1.82, 2.24) is 9.97 Å². The van der Waals surface area contributed by atoms with Gasteiger partial charge < -0.3 is 5.73 Å². The van der Waals surface area contributed by atoms with Gasteiger partial charge >= 0.3 is 6.18 Å². The third-order valence-electron chi connectivity index (χ3n) is 1.47. The van der Waals surface area contributed by atoms with Crippen molar-refractivity contribution in [2.45, 2.75) is 19.1 Å². The van der Waals surface area contributed by atoms with Gasteiger partial charge in [-0.15, -0.1) is 0 Å². The van der Waals surface area contributed by atoms with Crippen LogP contribution in [-0.2, 0) is 0 Å². The Morgan fingerprint density at radius 3 is 2.31 bits per heavy atom. The van der Waals surface area contributed by atoms with Gasteiger partial charge in [0.05, 0.1) is 17.6 Å². The molecule has 3 nitrogen and oxygen atoms in total. The van der Waals surface area contributed by atoms with Crippen LogP contribution < -0.4 is 5.73 Å². The number of aromatic nitrogens is 2. The average Bonchev–Trinajstić information content (AvgIpc) is 2.03. The fourth-order valence-corrected chi connectivity index (χ4v) is 0.731. The van der Waals surface area contributed by atoms with Crippen LogP contribution in [-0.4, -0.2) is 16.1 Å². The predicted octanol–water partition coefficient (Wildman–Crippen LogP) is 1.35. The van der Waals surface area contributed by atoms with Gasteiger partial charge in [-0.1, -0.05) is 0 Å². The Bertz CT molecular complexity index is 280. The summed E-state index contributed by atoms with van der Waals surface area (Å²) >= 11 is 0. The summed E-state index contributed by atoms with van der Waals surface area (Å²) in [5.41, 5.74) is 5.18. The van der Waals surface area contributed by atoms with Crippen molar-refractivity contribution >= 4 is 0 Å². The molecule has 2 N–H and O–H groups in total. The topological polar surface area (TPSA) is 51.8 Å². The molecule has 72 valence electrons. The van der Waals surface area contributed by atoms with Gasteiger partial charge in [0.15, 0.2) is 0 Å². The van der Waals surface area contributed by atoms with Crippen LogP contribution in [0.4, 0.5) is 13.2 Å². The summed E-state index contributed by atoms with van der Waals surface area (Å²) in [7, 11) is 0. The summed E-state index contributed by atoms with van der Waals surface area (Å²) in [6.07, 6.45) is -2.18. The molecular weight excluding hydrogens is 183 g/mol. The van der Waals surface area contributed by atoms with Gasteiger partial charge in [0.2, 0.25) is 0 Å². The summed E-state index contributed by atoms with van der Waals surface area (Å²) in [6.45, 7) is 1.63. The molecule has 0 aliphatic carbocycles. The van der Waals surface area contributed by atoms with E-state index in [1.54, 1.807) is 6.92 Å². The Hall–Kier alpha value is -1.17. The van der Waals surface area contributed by atoms with Gasteiger partial charge in [0.25, 0.3) is 0 Å². The van der Waals surface area contributed by atoms with Gasteiger partial charge in [0, 0.05) is 6.20 Å². The number of nitrogens with zero attached hydrogens (tertiary/aromatic N) is 2. The fourth-order valence-electron chi connectivity index (χ4n) is 0.731. The van der Waals surface area contributed by atoms with Crippen molar-refractivity contribution in [2.24, 2.45) is 5.73 Å². The Morgan fingerprint density at radius 2 is 1.92 bits per heavy atom. The van der Waals surface area contributed by atoms with Crippen LogP contribution in [0.1, 0.15) is 17.4 Å². The first kappa shape index (κ1) is 9.91. The van der Waals surface area contributed by atoms with Crippen molar-refractivity contribution in [3.05, 3.63) is 23.8 Å². The van der Waals surface area contributed by atoms with E-state index in [1.807, 2.05) is 0 Å². The minimum Gasteiger partial charge on any atom is -0.315 e. The van der Waals surface area contributed by atoms with Crippen LogP contribution in [0, 0.1) is 6.92 Å². The molecule has 1 heterocycles. The highest BCUT2D eigenvalue weighted by Gasteiger charge is 2.38. The molecule has 0 bridgehead atoms. The summed E-state index contributed by atoms with van der Waals surface area (Å²) < 4.78 is 36.1. The molecule has 6 heteroatoms. The highest BCUT2D eigenvalue weighted by atomic mass is 19.4. The van der Waals surface area contributed by atoms with E-state index < -0.39 is 12.2 Å². The Morgan fingerprint density at radius 1 is 1.31 bits per heavy atom. The van der Waals surface area contributed by atoms with Crippen molar-refractivity contribution in [1.29, 1.82) is 0 Å². The highest BCUT2D eigenvalue weighted by molar-refractivity contribution is 5.06. The summed E-state index contributed by atoms with van der Waals surface area (Å²) in [5, 5.41) is 0. The molecule has 0 saturated heterocycles. The number of rotatable bonds is 1. The number of alkyl halides is 3. The van der Waals surface area contributed by atoms with E-state index in [0.717, 1.165) is 6.20 Å². The Labute approximate surface area is 72.8 Å². The monoisotopic (exact) mass is 191 g/mol. The van der Waals surface area contributed by atoms with Crippen molar-refractivity contribution in [3.8, 4) is 0 Å². The first-order chi connectivity index (χ1) is 5.91. The Balaban J connectivity index is 2.90. The van der Waals surface area contributed by atoms with E-state index in [-0.39, 0.29) is 5.69 Å². The third-order valence-corrected chi connectivity index (χ3v) is 1.47. The molecule has 0 fully saturated rings. The second-order valence-corrected chi connectivity index (χ2v) is 2.60. The second-order valence-electron chi connectivity index (χ2n) is 2.60. The Kier molecular flexibility index (Phi) is 2.51. The zero-order valence-corrected chi connectivity index (χ0v) is 6.84. The maximum atomic E-state index is 12.0. The first-order valence-electron chi connectivity index (χ1n) is 3.52. The molecule has 0 saturated carbocycles. The molecule has 13 heavy (non-hydrogen) atoms. The van der Waals surface area contributed by atoms with Crippen LogP contribution in [0.2, 0.25) is 0 Å². The van der Waals surface area contributed by atoms with Crippen LogP contribution in [0.3, 0.4) is 0 Å². The molecule has 1 atom stereocenters. The summed E-state index contributed by atoms with van der Waals surface area (Å²) in [4.78, 5) is 7.21. The lowest BCUT2D eigenvalue weighted by Crippen LogP contribution is -2.29. The lowest BCUT2D eigenvalue weighted by atomic mass is 10.2. The molecule has 1 rings (SSSR count). The third kappa shape index (κ3) is 2.38. The van der Waals surface area contributed by atoms with Crippen LogP contribution in [0.25, 0.3) is 0 Å². The average molecular weight is 191 g/mol. The standard InChI is InChI=1S/C7H8F3N3/c1-4-2-13-5(3-12-4)6(11)7(8,9)10/h2-3,6H,11H2,1H3. The van der Waals surface area contributed by atoms with E-state index in [4.69, 9.17) is 5.73 Å². The minimum atomic E-state index is -4.47. The maximum absolute atomic E-state index is 12.0. The van der Waals surface area contributed by atoms with Crippen LogP contribution in [0.5, 0.6) is 0 Å². The molecule has 0 aliphatic rings. The molecule has 0 aliphatic heterocycles. The molecule has 0 spiro atoms. The number of nitrogens with two attached hydrogens (primary N) is 1. The van der Waals surface area contributed by atoms with Gasteiger partial charge in [-0.3, -0.25) is 9.97 Å². The number of hydrogen-bond donors (Lipinski definition) is 1. The van der Waals surface area contributed by atoms with Crippen molar-refractivity contribution in [2.75, 3.05) is 0 Å². The molecule has 0 aromatic carbocycles. The van der Waals surface area contributed by atoms with E-state index in [9.17, 15) is 13.2 Å². The van der Waals surface area contributed by atoms with E-state index in [2.05, 4.69) is 9.97 Å². The van der Waals surface area contributed by atoms with Gasteiger partial charge in [-0.2, -0.15) is 13.2 Å². The SMILES string of the molecule is Cc1cnc(C(N)C(F)(F)F)cn1. The molecule has 0 radical (unpaired) electrons. The molecule has 1 aromatic heterocycles. The molecule has 0 amide bonds. The smallest absolute Gasteiger partial charge is 0.315 e. The zero-order chi connectivity index (χ0) is 10.1. The largest absolute Gasteiger partial charge is 0.409 e. The predicted molar refractivity (Wildman–Crippen MR) is 39.8 cm³/mol. The lowest BCUT2D eigenvalue weighted by Gasteiger charge is -2.14. The highest BCUT2D eigenvalue weighted by Crippen LogP contribution is 2.28. The molecule has 1 aromatic rings. The number of aryl methyl sites for hydroxylation is 1. The van der Waals surface area contributed by atoms with Gasteiger partial charge in [-0.25, -0.2) is 0 Å². The van der Waals surface area contributed by atoms with E-state index >= 15 is 0 Å². The summed E-state index contributed by atoms with van der Waals surface area (Å²) in [6, 6.07) is -2.06. The first-order valence-corrected chi connectivity index (χ1v) is 3.52. The number of halogens is 3. The quantitative estimate of drug-likeness (QED) is 0.728. The zero-order valence-electron chi connectivity index (χ0n) is 6.84. The summed E-state index contributed by atoms with van der Waals surface area (Å²) in [5.74, 6) is 0. The molecular formula is C7H8F3N3. The minimum absolute atomic E-state index is 0.266. The normalized spacial score (nSPS) is 14.2. The van der Waals surface area contributed by atoms with Crippen molar-refractivity contribution < 1.29 is 13.2 Å². The lowest BCUT2D eigenvalue weighted by molar-refractivity contribution is -0.150. The van der Waals surface area contributed by atoms with Gasteiger partial charge in [0.1, 0.15) is 6.04 Å². The number of hydrogen-bond acceptors (Lipinski definition) is 3. The van der Waals surface area contributed by atoms with E-state index in [1.165, 1.54) is 6.20 Å².